The van der Waals surface area contributed by atoms with Gasteiger partial charge in [0.05, 0.1) is 6.23 Å². The summed E-state index contributed by atoms with van der Waals surface area (Å²) in [6.07, 6.45) is -3.71. The van der Waals surface area contributed by atoms with Gasteiger partial charge in [0.1, 0.15) is 6.61 Å². The molecule has 13 heavy (non-hydrogen) atoms. The van der Waals surface area contributed by atoms with Gasteiger partial charge in [0, 0.05) is 0 Å². The molecule has 0 spiro atoms. The summed E-state index contributed by atoms with van der Waals surface area (Å²) >= 11 is 11.6. The Hall–Kier alpha value is 0.547. The average molecular weight is 255 g/mol. The lowest BCUT2D eigenvalue weighted by Crippen LogP contribution is -2.30. The molecule has 0 aliphatic carbocycles. The van der Waals surface area contributed by atoms with Crippen LogP contribution in [-0.2, 0) is 4.74 Å². The van der Waals surface area contributed by atoms with E-state index in [1.54, 1.807) is 0 Å². The second-order valence-electron chi connectivity index (χ2n) is 2.71. The minimum Gasteiger partial charge on any atom is -0.372 e. The van der Waals surface area contributed by atoms with Crippen LogP contribution in [-0.4, -0.2) is 25.7 Å². The molecule has 0 aromatic heterocycles. The van der Waals surface area contributed by atoms with Gasteiger partial charge in [0.2, 0.25) is 0 Å². The Morgan fingerprint density at radius 2 is 1.85 bits per heavy atom. The van der Waals surface area contributed by atoms with Crippen molar-refractivity contribution >= 4 is 28.9 Å². The summed E-state index contributed by atoms with van der Waals surface area (Å²) in [6, 6.07) is 0.550. The van der Waals surface area contributed by atoms with Crippen molar-refractivity contribution in [2.24, 2.45) is 0 Å². The van der Waals surface area contributed by atoms with Crippen molar-refractivity contribution in [3.05, 3.63) is 0 Å². The fourth-order valence-electron chi connectivity index (χ4n) is 0.754. The van der Waals surface area contributed by atoms with E-state index in [0.29, 0.717) is 6.04 Å². The molecule has 0 aliphatic rings. The first kappa shape index (κ1) is 13.5. The second kappa shape index (κ2) is 5.43. The Labute approximate surface area is 85.6 Å². The largest absolute Gasteiger partial charge is 0.411 e. The van der Waals surface area contributed by atoms with Crippen LogP contribution in [0.3, 0.4) is 0 Å². The molecule has 0 heterocycles. The number of hydrogen-bond acceptors (Lipinski definition) is 1. The van der Waals surface area contributed by atoms with Crippen LogP contribution in [0.25, 0.3) is 0 Å². The van der Waals surface area contributed by atoms with Gasteiger partial charge >= 0.3 is 6.18 Å². The summed E-state index contributed by atoms with van der Waals surface area (Å²) in [5.74, 6) is 0. The van der Waals surface area contributed by atoms with E-state index in [1.807, 2.05) is 6.92 Å². The highest BCUT2D eigenvalue weighted by atomic mass is 35.7. The number of alkyl halides is 3. The zero-order valence-electron chi connectivity index (χ0n) is 7.13. The van der Waals surface area contributed by atoms with Crippen molar-refractivity contribution in [3.63, 3.8) is 0 Å². The maximum atomic E-state index is 11.6. The summed E-state index contributed by atoms with van der Waals surface area (Å²) in [5.41, 5.74) is 0. The first-order valence-corrected chi connectivity index (χ1v) is 8.23. The molecule has 0 atom stereocenters. The van der Waals surface area contributed by atoms with Gasteiger partial charge in [-0.25, -0.2) is 0 Å². The number of hydrogen-bond donors (Lipinski definition) is 0. The number of ether oxygens (including phenoxy) is 1. The van der Waals surface area contributed by atoms with E-state index in [9.17, 15) is 13.2 Å². The van der Waals surface area contributed by atoms with E-state index in [-0.39, 0.29) is 6.23 Å². The molecular formula is C6H11Cl2F3OSi. The van der Waals surface area contributed by atoms with Gasteiger partial charge in [-0.05, 0) is 6.04 Å². The van der Waals surface area contributed by atoms with Crippen molar-refractivity contribution < 1.29 is 17.9 Å². The van der Waals surface area contributed by atoms with E-state index in [1.165, 1.54) is 0 Å². The molecule has 0 saturated carbocycles. The Morgan fingerprint density at radius 1 is 1.31 bits per heavy atom. The molecule has 0 bridgehead atoms. The van der Waals surface area contributed by atoms with Crippen LogP contribution in [0, 0.1) is 0 Å². The van der Waals surface area contributed by atoms with Gasteiger partial charge in [0.25, 0.3) is 6.69 Å². The molecular weight excluding hydrogens is 244 g/mol. The predicted octanol–water partition coefficient (Wildman–Crippen LogP) is 3.43. The summed E-state index contributed by atoms with van der Waals surface area (Å²) < 4.78 is 39.3. The molecule has 0 saturated heterocycles. The maximum Gasteiger partial charge on any atom is 0.411 e. The number of rotatable bonds is 5. The molecule has 0 rings (SSSR count). The van der Waals surface area contributed by atoms with E-state index >= 15 is 0 Å². The molecule has 0 N–H and O–H groups in total. The Bertz CT molecular complexity index is 151. The minimum absolute atomic E-state index is 0.163. The first-order valence-electron chi connectivity index (χ1n) is 3.79. The second-order valence-corrected chi connectivity index (χ2v) is 10.1. The molecule has 0 aromatic carbocycles. The Balaban J connectivity index is 3.63. The quantitative estimate of drug-likeness (QED) is 0.540. The zero-order chi connectivity index (χ0) is 10.5. The van der Waals surface area contributed by atoms with Crippen LogP contribution < -0.4 is 0 Å². The van der Waals surface area contributed by atoms with Crippen molar-refractivity contribution in [3.8, 4) is 0 Å². The zero-order valence-corrected chi connectivity index (χ0v) is 9.64. The maximum absolute atomic E-state index is 11.6. The molecule has 0 amide bonds. The van der Waals surface area contributed by atoms with Crippen LogP contribution >= 0.6 is 22.2 Å². The third-order valence-electron chi connectivity index (χ3n) is 1.19. The smallest absolute Gasteiger partial charge is 0.372 e. The molecule has 7 heteroatoms. The molecule has 0 unspecified atom stereocenters. The lowest BCUT2D eigenvalue weighted by molar-refractivity contribution is -0.169. The first-order chi connectivity index (χ1) is 5.77. The van der Waals surface area contributed by atoms with Crippen molar-refractivity contribution in [2.45, 2.75) is 25.6 Å². The van der Waals surface area contributed by atoms with Crippen molar-refractivity contribution in [2.75, 3.05) is 12.8 Å². The van der Waals surface area contributed by atoms with Gasteiger partial charge in [-0.2, -0.15) is 13.2 Å². The molecule has 1 nitrogen and oxygen atoms in total. The monoisotopic (exact) mass is 254 g/mol. The highest BCUT2D eigenvalue weighted by Gasteiger charge is 2.32. The minimum atomic E-state index is -4.30. The summed E-state index contributed by atoms with van der Waals surface area (Å²) in [7, 11) is 0. The lowest BCUT2D eigenvalue weighted by Gasteiger charge is -2.16. The van der Waals surface area contributed by atoms with Gasteiger partial charge in [0.15, 0.2) is 0 Å². The number of halogens is 5. The Morgan fingerprint density at radius 3 is 2.23 bits per heavy atom. The Kier molecular flexibility index (Phi) is 5.66. The fraction of sp³-hybridized carbons (Fsp3) is 1.00. The standard InChI is InChI=1S/C6H11Cl2F3OSi/c1-2-3-13(7,8)5-12-4-6(9,10)11/h2-5H2,1H3. The van der Waals surface area contributed by atoms with Crippen LogP contribution in [0.2, 0.25) is 6.04 Å². The van der Waals surface area contributed by atoms with E-state index < -0.39 is 19.5 Å². The van der Waals surface area contributed by atoms with Gasteiger partial charge in [-0.3, -0.25) is 0 Å². The third kappa shape index (κ3) is 8.87. The van der Waals surface area contributed by atoms with Gasteiger partial charge in [-0.1, -0.05) is 13.3 Å². The van der Waals surface area contributed by atoms with Gasteiger partial charge < -0.3 is 4.74 Å². The molecule has 80 valence electrons. The average Bonchev–Trinajstić information content (AvgIpc) is 1.82. The molecule has 0 fully saturated rings. The lowest BCUT2D eigenvalue weighted by atomic mass is 10.6. The SMILES string of the molecule is CCC[Si](Cl)(Cl)COCC(F)(F)F. The van der Waals surface area contributed by atoms with Crippen molar-refractivity contribution in [1.29, 1.82) is 0 Å². The van der Waals surface area contributed by atoms with Crippen LogP contribution in [0.5, 0.6) is 0 Å². The highest BCUT2D eigenvalue weighted by Crippen LogP contribution is 2.23. The highest BCUT2D eigenvalue weighted by molar-refractivity contribution is 7.45. The van der Waals surface area contributed by atoms with Crippen LogP contribution in [0.4, 0.5) is 13.2 Å². The fourth-order valence-corrected chi connectivity index (χ4v) is 3.63. The van der Waals surface area contributed by atoms with Crippen LogP contribution in [0.15, 0.2) is 0 Å². The summed E-state index contributed by atoms with van der Waals surface area (Å²) in [6.45, 7) is -1.98. The normalized spacial score (nSPS) is 13.4. The third-order valence-corrected chi connectivity index (χ3v) is 4.84. The molecule has 0 radical (unpaired) electrons. The molecule has 0 aliphatic heterocycles. The van der Waals surface area contributed by atoms with Crippen molar-refractivity contribution in [1.82, 2.24) is 0 Å². The van der Waals surface area contributed by atoms with E-state index in [0.717, 1.165) is 6.42 Å². The van der Waals surface area contributed by atoms with E-state index in [2.05, 4.69) is 4.74 Å². The van der Waals surface area contributed by atoms with Crippen LogP contribution in [0.1, 0.15) is 13.3 Å². The summed E-state index contributed by atoms with van der Waals surface area (Å²) in [4.78, 5) is 0. The summed E-state index contributed by atoms with van der Waals surface area (Å²) in [5, 5.41) is 0. The molecule has 0 aromatic rings. The van der Waals surface area contributed by atoms with E-state index in [4.69, 9.17) is 22.2 Å². The predicted molar refractivity (Wildman–Crippen MR) is 49.4 cm³/mol. The topological polar surface area (TPSA) is 9.23 Å². The van der Waals surface area contributed by atoms with Gasteiger partial charge in [-0.15, -0.1) is 22.2 Å².